The van der Waals surface area contributed by atoms with Gasteiger partial charge in [-0.2, -0.15) is 0 Å². The molecular formula is C17H28N4O8. The molecule has 0 aliphatic heterocycles. The Hall–Kier alpha value is -3.02. The van der Waals surface area contributed by atoms with Gasteiger partial charge < -0.3 is 31.5 Å². The standard InChI is InChI=1S/C17H28N4O8/c1-9(6-14(25)26)15(27)20-11(7-10(2)23)17(29)21-12(16(28)18-3)8-13(24)19-4-5-22/h9,11-12,22H,4-8H2,1-3H3,(H,18,28)(H,19,24)(H,20,27)(H,21,29)(H,25,26). The van der Waals surface area contributed by atoms with Crippen LogP contribution in [0.2, 0.25) is 0 Å². The Bertz CT molecular complexity index is 637. The maximum absolute atomic E-state index is 12.5. The van der Waals surface area contributed by atoms with Crippen LogP contribution < -0.4 is 21.3 Å². The number of carboxylic acids is 1. The molecule has 0 radical (unpaired) electrons. The average molecular weight is 416 g/mol. The van der Waals surface area contributed by atoms with Crippen molar-refractivity contribution in [2.24, 2.45) is 5.92 Å². The van der Waals surface area contributed by atoms with Gasteiger partial charge in [-0.1, -0.05) is 6.92 Å². The van der Waals surface area contributed by atoms with E-state index in [0.717, 1.165) is 0 Å². The molecule has 0 rings (SSSR count). The maximum atomic E-state index is 12.5. The van der Waals surface area contributed by atoms with Gasteiger partial charge in [0, 0.05) is 25.9 Å². The zero-order valence-electron chi connectivity index (χ0n) is 16.6. The smallest absolute Gasteiger partial charge is 0.304 e. The number of carbonyl (C=O) groups is 6. The van der Waals surface area contributed by atoms with Crippen LogP contribution in [0.5, 0.6) is 0 Å². The highest BCUT2D eigenvalue weighted by molar-refractivity contribution is 5.96. The van der Waals surface area contributed by atoms with Gasteiger partial charge in [-0.05, 0) is 6.92 Å². The number of carbonyl (C=O) groups excluding carboxylic acids is 5. The molecule has 12 nitrogen and oxygen atoms in total. The van der Waals surface area contributed by atoms with Crippen LogP contribution in [0.15, 0.2) is 0 Å². The predicted molar refractivity (Wildman–Crippen MR) is 99.4 cm³/mol. The van der Waals surface area contributed by atoms with Crippen LogP contribution in [-0.2, 0) is 28.8 Å². The summed E-state index contributed by atoms with van der Waals surface area (Å²) in [5, 5.41) is 26.7. The number of likely N-dealkylation sites (N-methyl/N-ethyl adjacent to an activating group) is 1. The van der Waals surface area contributed by atoms with Gasteiger partial charge >= 0.3 is 5.97 Å². The third-order valence-corrected chi connectivity index (χ3v) is 3.76. The van der Waals surface area contributed by atoms with Gasteiger partial charge in [0.05, 0.1) is 19.4 Å². The van der Waals surface area contributed by atoms with Crippen LogP contribution in [0.25, 0.3) is 0 Å². The Morgan fingerprint density at radius 1 is 0.862 bits per heavy atom. The van der Waals surface area contributed by atoms with Crippen molar-refractivity contribution in [3.05, 3.63) is 0 Å². The normalized spacial score (nSPS) is 13.4. The molecule has 3 atom stereocenters. The summed E-state index contributed by atoms with van der Waals surface area (Å²) in [5.41, 5.74) is 0. The molecule has 0 aromatic carbocycles. The monoisotopic (exact) mass is 416 g/mol. The van der Waals surface area contributed by atoms with Gasteiger partial charge in [0.25, 0.3) is 0 Å². The van der Waals surface area contributed by atoms with Crippen LogP contribution in [0, 0.1) is 5.92 Å². The molecule has 0 aromatic heterocycles. The topological polar surface area (TPSA) is 191 Å². The molecule has 0 bridgehead atoms. The fraction of sp³-hybridized carbons (Fsp3) is 0.647. The molecule has 0 aliphatic carbocycles. The average Bonchev–Trinajstić information content (AvgIpc) is 2.63. The predicted octanol–water partition coefficient (Wildman–Crippen LogP) is -2.71. The van der Waals surface area contributed by atoms with Gasteiger partial charge in [0.15, 0.2) is 0 Å². The Morgan fingerprint density at radius 3 is 1.90 bits per heavy atom. The molecule has 164 valence electrons. The summed E-state index contributed by atoms with van der Waals surface area (Å²) in [6, 6.07) is -2.63. The molecule has 4 amide bonds. The lowest BCUT2D eigenvalue weighted by atomic mass is 10.0. The minimum atomic E-state index is -1.34. The third kappa shape index (κ3) is 10.8. The summed E-state index contributed by atoms with van der Waals surface area (Å²) >= 11 is 0. The van der Waals surface area contributed by atoms with E-state index in [1.165, 1.54) is 20.9 Å². The lowest BCUT2D eigenvalue weighted by Crippen LogP contribution is -2.55. The van der Waals surface area contributed by atoms with Crippen molar-refractivity contribution < 1.29 is 39.0 Å². The number of hydrogen-bond donors (Lipinski definition) is 6. The van der Waals surface area contributed by atoms with Crippen molar-refractivity contribution in [2.75, 3.05) is 20.2 Å². The maximum Gasteiger partial charge on any atom is 0.304 e. The second-order valence-electron chi connectivity index (χ2n) is 6.42. The van der Waals surface area contributed by atoms with Crippen molar-refractivity contribution in [3.8, 4) is 0 Å². The van der Waals surface area contributed by atoms with Gasteiger partial charge in [0.1, 0.15) is 17.9 Å². The molecular weight excluding hydrogens is 388 g/mol. The largest absolute Gasteiger partial charge is 0.481 e. The first-order valence-corrected chi connectivity index (χ1v) is 8.92. The van der Waals surface area contributed by atoms with E-state index in [1.54, 1.807) is 0 Å². The van der Waals surface area contributed by atoms with Gasteiger partial charge in [0.2, 0.25) is 23.6 Å². The number of amides is 4. The minimum absolute atomic E-state index is 0.0300. The van der Waals surface area contributed by atoms with E-state index in [-0.39, 0.29) is 19.6 Å². The first-order chi connectivity index (χ1) is 13.5. The number of carboxylic acid groups (broad SMARTS) is 1. The number of hydrogen-bond acceptors (Lipinski definition) is 7. The van der Waals surface area contributed by atoms with Crippen LogP contribution >= 0.6 is 0 Å². The molecule has 0 heterocycles. The Kier molecular flexibility index (Phi) is 11.8. The van der Waals surface area contributed by atoms with Gasteiger partial charge in [-0.25, -0.2) is 0 Å². The van der Waals surface area contributed by atoms with E-state index in [4.69, 9.17) is 10.2 Å². The first kappa shape index (κ1) is 26.0. The van der Waals surface area contributed by atoms with E-state index in [2.05, 4.69) is 21.3 Å². The minimum Gasteiger partial charge on any atom is -0.481 e. The molecule has 0 fully saturated rings. The molecule has 0 aromatic rings. The second kappa shape index (κ2) is 13.2. The number of aliphatic carboxylic acids is 1. The van der Waals surface area contributed by atoms with Gasteiger partial charge in [-0.15, -0.1) is 0 Å². The SMILES string of the molecule is CNC(=O)C(CC(=O)NCCO)NC(=O)C(CC(C)=O)NC(=O)C(C)CC(=O)O. The Morgan fingerprint density at radius 2 is 1.41 bits per heavy atom. The van der Waals surface area contributed by atoms with Crippen molar-refractivity contribution in [1.29, 1.82) is 0 Å². The highest BCUT2D eigenvalue weighted by atomic mass is 16.4. The molecule has 0 spiro atoms. The highest BCUT2D eigenvalue weighted by Gasteiger charge is 2.30. The lowest BCUT2D eigenvalue weighted by Gasteiger charge is -2.23. The summed E-state index contributed by atoms with van der Waals surface area (Å²) in [4.78, 5) is 70.6. The Labute approximate surface area is 167 Å². The van der Waals surface area contributed by atoms with E-state index in [9.17, 15) is 28.8 Å². The number of aliphatic hydroxyl groups is 1. The van der Waals surface area contributed by atoms with E-state index >= 15 is 0 Å². The summed E-state index contributed by atoms with van der Waals surface area (Å²) in [6.07, 6.45) is -1.28. The highest BCUT2D eigenvalue weighted by Crippen LogP contribution is 2.05. The van der Waals surface area contributed by atoms with Crippen LogP contribution in [-0.4, -0.2) is 77.9 Å². The molecule has 3 unspecified atom stereocenters. The summed E-state index contributed by atoms with van der Waals surface area (Å²) < 4.78 is 0. The van der Waals surface area contributed by atoms with Crippen molar-refractivity contribution in [1.82, 2.24) is 21.3 Å². The second-order valence-corrected chi connectivity index (χ2v) is 6.42. The third-order valence-electron chi connectivity index (χ3n) is 3.76. The fourth-order valence-electron chi connectivity index (χ4n) is 2.27. The quantitative estimate of drug-likeness (QED) is 0.187. The zero-order valence-corrected chi connectivity index (χ0v) is 16.6. The molecule has 0 saturated carbocycles. The summed E-state index contributed by atoms with van der Waals surface area (Å²) in [7, 11) is 1.30. The number of ketones is 1. The molecule has 29 heavy (non-hydrogen) atoms. The lowest BCUT2D eigenvalue weighted by molar-refractivity contribution is -0.141. The number of Topliss-reactive ketones (excluding diaryl/α,β-unsaturated/α-hetero) is 1. The van der Waals surface area contributed by atoms with E-state index < -0.39 is 66.2 Å². The van der Waals surface area contributed by atoms with E-state index in [0.29, 0.717) is 0 Å². The number of nitrogens with one attached hydrogen (secondary N) is 4. The van der Waals surface area contributed by atoms with Crippen molar-refractivity contribution in [2.45, 2.75) is 45.2 Å². The van der Waals surface area contributed by atoms with Gasteiger partial charge in [-0.3, -0.25) is 28.8 Å². The molecule has 0 saturated heterocycles. The van der Waals surface area contributed by atoms with Crippen LogP contribution in [0.3, 0.4) is 0 Å². The molecule has 6 N–H and O–H groups in total. The Balaban J connectivity index is 5.24. The van der Waals surface area contributed by atoms with E-state index in [1.807, 2.05) is 0 Å². The fourth-order valence-corrected chi connectivity index (χ4v) is 2.27. The molecule has 0 aliphatic rings. The van der Waals surface area contributed by atoms with Crippen molar-refractivity contribution >= 4 is 35.4 Å². The number of rotatable bonds is 13. The van der Waals surface area contributed by atoms with Crippen LogP contribution in [0.4, 0.5) is 0 Å². The van der Waals surface area contributed by atoms with Crippen molar-refractivity contribution in [3.63, 3.8) is 0 Å². The molecule has 12 heteroatoms. The zero-order chi connectivity index (χ0) is 22.6. The first-order valence-electron chi connectivity index (χ1n) is 8.92. The summed E-state index contributed by atoms with van der Waals surface area (Å²) in [6.45, 7) is 2.22. The number of aliphatic hydroxyl groups excluding tert-OH is 1. The summed E-state index contributed by atoms with van der Waals surface area (Å²) in [5.74, 6) is -5.47. The van der Waals surface area contributed by atoms with Crippen LogP contribution in [0.1, 0.15) is 33.1 Å².